The van der Waals surface area contributed by atoms with Crippen molar-refractivity contribution in [2.75, 3.05) is 0 Å². The molecule has 0 aliphatic heterocycles. The highest BCUT2D eigenvalue weighted by atomic mass is 28.3. The highest BCUT2D eigenvalue weighted by Gasteiger charge is 2.33. The lowest BCUT2D eigenvalue weighted by molar-refractivity contribution is 0.444. The normalized spacial score (nSPS) is 21.1. The predicted molar refractivity (Wildman–Crippen MR) is 131 cm³/mol. The summed E-state index contributed by atoms with van der Waals surface area (Å²) in [5.74, 6) is 0. The van der Waals surface area contributed by atoms with Crippen LogP contribution in [0, 0.1) is 0 Å². The zero-order valence-corrected chi connectivity index (χ0v) is 19.8. The first-order valence-corrected chi connectivity index (χ1v) is 15.1. The van der Waals surface area contributed by atoms with Crippen molar-refractivity contribution in [1.82, 2.24) is 4.98 Å². The monoisotopic (exact) mass is 405 g/mol. The fourth-order valence-electron chi connectivity index (χ4n) is 5.77. The molecule has 1 aromatic carbocycles. The summed E-state index contributed by atoms with van der Waals surface area (Å²) in [6.45, 7) is 7.41. The molecule has 0 radical (unpaired) electrons. The lowest BCUT2D eigenvalue weighted by atomic mass is 9.98. The topological polar surface area (TPSA) is 12.0 Å². The van der Waals surface area contributed by atoms with Gasteiger partial charge in [-0.3, -0.25) is 0 Å². The Kier molecular flexibility index (Phi) is 6.61. The van der Waals surface area contributed by atoms with E-state index in [1.165, 1.54) is 97.8 Å². The molecule has 156 valence electrons. The van der Waals surface area contributed by atoms with Gasteiger partial charge < -0.3 is 4.98 Å². The van der Waals surface area contributed by atoms with Gasteiger partial charge in [-0.05, 0) is 64.2 Å². The SMILES string of the molecule is CC1=C([Si](C)(C)NC2CCCCCCCCCCC2)c2cc3c(cc2=C1)C=CC=3. The van der Waals surface area contributed by atoms with E-state index in [-0.39, 0.29) is 0 Å². The van der Waals surface area contributed by atoms with Gasteiger partial charge in [-0.2, -0.15) is 0 Å². The molecule has 29 heavy (non-hydrogen) atoms. The van der Waals surface area contributed by atoms with Crippen LogP contribution in [0.1, 0.15) is 88.7 Å². The maximum Gasteiger partial charge on any atom is 0.152 e. The predicted octanol–water partition coefficient (Wildman–Crippen LogP) is 6.07. The molecule has 0 aromatic heterocycles. The Morgan fingerprint density at radius 1 is 0.828 bits per heavy atom. The van der Waals surface area contributed by atoms with Crippen LogP contribution < -0.4 is 15.4 Å². The summed E-state index contributed by atoms with van der Waals surface area (Å²) in [4.78, 5) is 4.26. The molecule has 1 nitrogen and oxygen atoms in total. The third-order valence-electron chi connectivity index (χ3n) is 7.14. The van der Waals surface area contributed by atoms with Crippen molar-refractivity contribution in [2.24, 2.45) is 0 Å². The average Bonchev–Trinajstić information content (AvgIpc) is 3.24. The van der Waals surface area contributed by atoms with Gasteiger partial charge in [0, 0.05) is 6.04 Å². The van der Waals surface area contributed by atoms with E-state index in [0.29, 0.717) is 6.04 Å². The highest BCUT2D eigenvalue weighted by molar-refractivity contribution is 6.93. The average molecular weight is 406 g/mol. The van der Waals surface area contributed by atoms with Gasteiger partial charge in [0.15, 0.2) is 8.24 Å². The third-order valence-corrected chi connectivity index (χ3v) is 10.2. The molecular weight excluding hydrogens is 366 g/mol. The molecule has 1 fully saturated rings. The second-order valence-electron chi connectivity index (χ2n) is 10.0. The number of allylic oxidation sites excluding steroid dienone is 2. The van der Waals surface area contributed by atoms with Crippen LogP contribution in [0.3, 0.4) is 0 Å². The summed E-state index contributed by atoms with van der Waals surface area (Å²) in [5, 5.41) is 4.46. The number of benzene rings is 1. The van der Waals surface area contributed by atoms with Gasteiger partial charge in [0.1, 0.15) is 0 Å². The molecule has 0 unspecified atom stereocenters. The van der Waals surface area contributed by atoms with Crippen molar-refractivity contribution in [2.45, 2.75) is 96.7 Å². The van der Waals surface area contributed by atoms with Gasteiger partial charge in [0.2, 0.25) is 0 Å². The first kappa shape index (κ1) is 20.9. The van der Waals surface area contributed by atoms with Crippen LogP contribution in [-0.2, 0) is 0 Å². The number of nitrogens with one attached hydrogen (secondary N) is 1. The molecule has 0 spiro atoms. The molecular formula is C27H39NSi. The maximum absolute atomic E-state index is 4.26. The van der Waals surface area contributed by atoms with Crippen molar-refractivity contribution in [3.05, 3.63) is 45.3 Å². The molecule has 3 aliphatic carbocycles. The second-order valence-corrected chi connectivity index (χ2v) is 14.1. The Labute approximate surface area is 178 Å². The quantitative estimate of drug-likeness (QED) is 0.602. The van der Waals surface area contributed by atoms with Crippen LogP contribution in [0.5, 0.6) is 0 Å². The van der Waals surface area contributed by atoms with Gasteiger partial charge in [0.05, 0.1) is 0 Å². The molecule has 0 bridgehead atoms. The molecule has 0 saturated heterocycles. The first-order valence-electron chi connectivity index (χ1n) is 12.1. The summed E-state index contributed by atoms with van der Waals surface area (Å²) < 4.78 is 0. The van der Waals surface area contributed by atoms with Crippen LogP contribution in [0.25, 0.3) is 23.4 Å². The van der Waals surface area contributed by atoms with E-state index in [1.807, 2.05) is 0 Å². The van der Waals surface area contributed by atoms with E-state index in [0.717, 1.165) is 0 Å². The van der Waals surface area contributed by atoms with Crippen molar-refractivity contribution in [3.8, 4) is 0 Å². The number of hydrogen-bond acceptors (Lipinski definition) is 1. The van der Waals surface area contributed by atoms with Crippen molar-refractivity contribution in [3.63, 3.8) is 0 Å². The zero-order chi connectivity index (χ0) is 20.3. The molecule has 1 N–H and O–H groups in total. The zero-order valence-electron chi connectivity index (χ0n) is 18.8. The Bertz CT molecular complexity index is 907. The van der Waals surface area contributed by atoms with E-state index in [9.17, 15) is 0 Å². The summed E-state index contributed by atoms with van der Waals surface area (Å²) in [6, 6.07) is 5.54. The van der Waals surface area contributed by atoms with E-state index < -0.39 is 8.24 Å². The van der Waals surface area contributed by atoms with Crippen LogP contribution in [0.4, 0.5) is 0 Å². The Morgan fingerprint density at radius 3 is 2.10 bits per heavy atom. The Morgan fingerprint density at radius 2 is 1.45 bits per heavy atom. The highest BCUT2D eigenvalue weighted by Crippen LogP contribution is 2.31. The van der Waals surface area contributed by atoms with Crippen LogP contribution in [0.2, 0.25) is 13.1 Å². The standard InChI is InChI=1S/C27H39NSi/c1-21-18-24-19-22-14-13-15-23(22)20-26(24)27(21)29(2,3)28-25-16-11-9-7-5-4-6-8-10-12-17-25/h13-15,18-20,25,28H,4-12,16-17H2,1-3H3. The number of rotatable bonds is 3. The molecule has 4 rings (SSSR count). The van der Waals surface area contributed by atoms with Gasteiger partial charge >= 0.3 is 0 Å². The van der Waals surface area contributed by atoms with Gasteiger partial charge in [-0.25, -0.2) is 0 Å². The summed E-state index contributed by atoms with van der Waals surface area (Å²) >= 11 is 0. The lowest BCUT2D eigenvalue weighted by Crippen LogP contribution is -2.52. The van der Waals surface area contributed by atoms with Crippen LogP contribution in [-0.4, -0.2) is 14.3 Å². The van der Waals surface area contributed by atoms with E-state index >= 15 is 0 Å². The second kappa shape index (κ2) is 9.18. The molecule has 1 aromatic rings. The summed E-state index contributed by atoms with van der Waals surface area (Å²) in [6.07, 6.45) is 24.7. The fourth-order valence-corrected chi connectivity index (χ4v) is 9.17. The Balaban J connectivity index is 1.52. The minimum atomic E-state index is -1.73. The maximum atomic E-state index is 4.26. The van der Waals surface area contributed by atoms with Crippen molar-refractivity contribution in [1.29, 1.82) is 0 Å². The molecule has 0 amide bonds. The Hall–Kier alpha value is -1.38. The van der Waals surface area contributed by atoms with Gasteiger partial charge in [-0.15, -0.1) is 0 Å². The minimum Gasteiger partial charge on any atom is -0.331 e. The lowest BCUT2D eigenvalue weighted by Gasteiger charge is -2.33. The molecule has 0 heterocycles. The van der Waals surface area contributed by atoms with E-state index in [1.54, 1.807) is 5.20 Å². The van der Waals surface area contributed by atoms with Gasteiger partial charge in [0.25, 0.3) is 0 Å². The smallest absolute Gasteiger partial charge is 0.152 e. The molecule has 1 saturated carbocycles. The summed E-state index contributed by atoms with van der Waals surface area (Å²) in [5.41, 5.74) is 4.37. The van der Waals surface area contributed by atoms with Crippen molar-refractivity contribution >= 4 is 31.7 Å². The largest absolute Gasteiger partial charge is 0.331 e. The number of fused-ring (bicyclic) bond motifs is 2. The molecule has 2 heteroatoms. The fraction of sp³-hybridized carbons (Fsp3) is 0.556. The van der Waals surface area contributed by atoms with Crippen LogP contribution >= 0.6 is 0 Å². The minimum absolute atomic E-state index is 0.697. The first-order chi connectivity index (χ1) is 14.0. The van der Waals surface area contributed by atoms with E-state index in [4.69, 9.17) is 0 Å². The molecule has 0 atom stereocenters. The van der Waals surface area contributed by atoms with Crippen molar-refractivity contribution < 1.29 is 0 Å². The number of hydrogen-bond donors (Lipinski definition) is 1. The van der Waals surface area contributed by atoms with E-state index in [2.05, 4.69) is 61.4 Å². The molecule has 3 aliphatic rings. The van der Waals surface area contributed by atoms with Crippen LogP contribution in [0.15, 0.2) is 23.8 Å². The van der Waals surface area contributed by atoms with Gasteiger partial charge in [-0.1, -0.05) is 95.2 Å². The third kappa shape index (κ3) is 4.86. The summed E-state index contributed by atoms with van der Waals surface area (Å²) in [7, 11) is -1.73.